The highest BCUT2D eigenvalue weighted by atomic mass is 32.2. The molecule has 0 aliphatic heterocycles. The van der Waals surface area contributed by atoms with Gasteiger partial charge < -0.3 is 5.32 Å². The first-order valence-corrected chi connectivity index (χ1v) is 13.1. The zero-order chi connectivity index (χ0) is 26.9. The molecule has 1 aliphatic carbocycles. The summed E-state index contributed by atoms with van der Waals surface area (Å²) in [5.74, 6) is 1.66. The zero-order valence-corrected chi connectivity index (χ0v) is 20.9. The van der Waals surface area contributed by atoms with E-state index < -0.39 is 51.6 Å². The molecule has 0 aromatic heterocycles. The van der Waals surface area contributed by atoms with Gasteiger partial charge in [0.05, 0.1) is 10.9 Å². The molecular weight excluding hydrogens is 496 g/mol. The van der Waals surface area contributed by atoms with Crippen molar-refractivity contribution < 1.29 is 30.8 Å². The Bertz CT molecular complexity index is 1240. The first kappa shape index (κ1) is 27.7. The van der Waals surface area contributed by atoms with Gasteiger partial charge >= 0.3 is 6.18 Å². The number of benzene rings is 2. The van der Waals surface area contributed by atoms with Crippen molar-refractivity contribution in [3.63, 3.8) is 0 Å². The molecule has 0 heterocycles. The Hall–Kier alpha value is -2.90. The van der Waals surface area contributed by atoms with Crippen molar-refractivity contribution in [2.45, 2.75) is 67.5 Å². The molecule has 0 spiro atoms. The van der Waals surface area contributed by atoms with E-state index in [1.165, 1.54) is 50.2 Å². The summed E-state index contributed by atoms with van der Waals surface area (Å²) in [6.07, 6.45) is 2.26. The van der Waals surface area contributed by atoms with Gasteiger partial charge in [-0.1, -0.05) is 42.3 Å². The van der Waals surface area contributed by atoms with Gasteiger partial charge in [0.15, 0.2) is 9.84 Å². The highest BCUT2D eigenvalue weighted by molar-refractivity contribution is 7.90. The fourth-order valence-electron chi connectivity index (χ4n) is 3.81. The van der Waals surface area contributed by atoms with Crippen LogP contribution in [-0.4, -0.2) is 44.0 Å². The molecule has 0 unspecified atom stereocenters. The third-order valence-electron chi connectivity index (χ3n) is 5.95. The Labute approximate surface area is 208 Å². The number of sulfone groups is 1. The second-order valence-electron chi connectivity index (χ2n) is 9.75. The SMILES string of the molecule is C#CC1(NC(=O)[C@H](CC(C)(C)F)N[C@@H](c2ccc(-c3ccc(S(C)(=O)=O)cc3)cc2)C(F)(F)F)CC1. The van der Waals surface area contributed by atoms with Crippen molar-refractivity contribution in [3.8, 4) is 23.5 Å². The zero-order valence-electron chi connectivity index (χ0n) is 20.1. The van der Waals surface area contributed by atoms with Crippen LogP contribution >= 0.6 is 0 Å². The molecule has 0 bridgehead atoms. The molecule has 3 rings (SSSR count). The van der Waals surface area contributed by atoms with Crippen LogP contribution in [0, 0.1) is 12.3 Å². The Morgan fingerprint density at radius 3 is 1.92 bits per heavy atom. The van der Waals surface area contributed by atoms with E-state index in [-0.39, 0.29) is 10.5 Å². The Morgan fingerprint density at radius 1 is 1.03 bits per heavy atom. The molecule has 5 nitrogen and oxygen atoms in total. The third-order valence-corrected chi connectivity index (χ3v) is 7.08. The number of hydrogen-bond acceptors (Lipinski definition) is 4. The van der Waals surface area contributed by atoms with E-state index in [9.17, 15) is 30.8 Å². The number of hydrogen-bond donors (Lipinski definition) is 2. The number of terminal acetylenes is 1. The van der Waals surface area contributed by atoms with E-state index in [2.05, 4.69) is 16.6 Å². The van der Waals surface area contributed by atoms with Gasteiger partial charge in [0.2, 0.25) is 5.91 Å². The molecule has 1 saturated carbocycles. The van der Waals surface area contributed by atoms with Gasteiger partial charge in [-0.25, -0.2) is 12.8 Å². The molecular formula is C26H28F4N2O3S. The molecule has 2 N–H and O–H groups in total. The molecule has 2 aromatic carbocycles. The average molecular weight is 525 g/mol. The molecule has 2 atom stereocenters. The summed E-state index contributed by atoms with van der Waals surface area (Å²) in [4.78, 5) is 12.9. The Balaban J connectivity index is 1.86. The predicted octanol–water partition coefficient (Wildman–Crippen LogP) is 4.74. The molecule has 1 fully saturated rings. The van der Waals surface area contributed by atoms with Gasteiger partial charge in [-0.15, -0.1) is 6.42 Å². The number of rotatable bonds is 9. The van der Waals surface area contributed by atoms with Crippen molar-refractivity contribution in [1.82, 2.24) is 10.6 Å². The summed E-state index contributed by atoms with van der Waals surface area (Å²) in [7, 11) is -3.38. The Morgan fingerprint density at radius 2 is 1.53 bits per heavy atom. The van der Waals surface area contributed by atoms with Crippen LogP contribution in [0.3, 0.4) is 0 Å². The first-order chi connectivity index (χ1) is 16.5. The largest absolute Gasteiger partial charge is 0.407 e. The highest BCUT2D eigenvalue weighted by Gasteiger charge is 2.47. The lowest BCUT2D eigenvalue weighted by molar-refractivity contribution is -0.161. The summed E-state index contributed by atoms with van der Waals surface area (Å²) < 4.78 is 80.0. The monoisotopic (exact) mass is 524 g/mol. The maximum Gasteiger partial charge on any atom is 0.407 e. The van der Waals surface area contributed by atoms with Crippen LogP contribution in [0.25, 0.3) is 11.1 Å². The number of nitrogens with one attached hydrogen (secondary N) is 2. The summed E-state index contributed by atoms with van der Waals surface area (Å²) >= 11 is 0. The number of halogens is 4. The molecule has 2 aromatic rings. The summed E-state index contributed by atoms with van der Waals surface area (Å²) in [6, 6.07) is 7.72. The molecule has 1 aliphatic rings. The lowest BCUT2D eigenvalue weighted by atomic mass is 9.96. The van der Waals surface area contributed by atoms with Crippen LogP contribution in [0.15, 0.2) is 53.4 Å². The first-order valence-electron chi connectivity index (χ1n) is 11.2. The van der Waals surface area contributed by atoms with Crippen molar-refractivity contribution in [2.24, 2.45) is 0 Å². The Kier molecular flexibility index (Phi) is 7.59. The normalized spacial score (nSPS) is 17.1. The summed E-state index contributed by atoms with van der Waals surface area (Å²) in [6.45, 7) is 2.38. The van der Waals surface area contributed by atoms with Crippen molar-refractivity contribution in [3.05, 3.63) is 54.1 Å². The third kappa shape index (κ3) is 7.08. The number of carbonyl (C=O) groups is 1. The summed E-state index contributed by atoms with van der Waals surface area (Å²) in [5.41, 5.74) is -1.78. The molecule has 10 heteroatoms. The van der Waals surface area contributed by atoms with Crippen molar-refractivity contribution in [1.29, 1.82) is 0 Å². The van der Waals surface area contributed by atoms with Crippen LogP contribution in [0.4, 0.5) is 17.6 Å². The van der Waals surface area contributed by atoms with Crippen LogP contribution in [0.5, 0.6) is 0 Å². The fraction of sp³-hybridized carbons (Fsp3) is 0.423. The van der Waals surface area contributed by atoms with Gasteiger partial charge in [0.25, 0.3) is 0 Å². The van der Waals surface area contributed by atoms with Crippen LogP contribution in [0.2, 0.25) is 0 Å². The number of carbonyl (C=O) groups excluding carboxylic acids is 1. The lowest BCUT2D eigenvalue weighted by Crippen LogP contribution is -2.53. The van der Waals surface area contributed by atoms with Gasteiger partial charge in [0, 0.05) is 12.7 Å². The molecule has 36 heavy (non-hydrogen) atoms. The predicted molar refractivity (Wildman–Crippen MR) is 129 cm³/mol. The summed E-state index contributed by atoms with van der Waals surface area (Å²) in [5, 5.41) is 4.89. The maximum atomic E-state index is 14.4. The number of alkyl halides is 4. The minimum atomic E-state index is -4.78. The van der Waals surface area contributed by atoms with Crippen LogP contribution < -0.4 is 10.6 Å². The van der Waals surface area contributed by atoms with Gasteiger partial charge in [-0.3, -0.25) is 10.1 Å². The minimum Gasteiger partial charge on any atom is -0.338 e. The van der Waals surface area contributed by atoms with Crippen molar-refractivity contribution >= 4 is 15.7 Å². The quantitative estimate of drug-likeness (QED) is 0.367. The molecule has 1 amide bonds. The van der Waals surface area contributed by atoms with Gasteiger partial charge in [0.1, 0.15) is 17.2 Å². The van der Waals surface area contributed by atoms with Crippen LogP contribution in [0.1, 0.15) is 44.7 Å². The highest BCUT2D eigenvalue weighted by Crippen LogP contribution is 2.37. The number of amides is 1. The fourth-order valence-corrected chi connectivity index (χ4v) is 4.44. The lowest BCUT2D eigenvalue weighted by Gasteiger charge is -2.30. The molecule has 0 saturated heterocycles. The van der Waals surface area contributed by atoms with E-state index in [0.29, 0.717) is 24.0 Å². The molecule has 194 valence electrons. The van der Waals surface area contributed by atoms with Crippen LogP contribution in [-0.2, 0) is 14.6 Å². The van der Waals surface area contributed by atoms with E-state index in [0.717, 1.165) is 6.26 Å². The maximum absolute atomic E-state index is 14.4. The second kappa shape index (κ2) is 9.87. The molecule has 0 radical (unpaired) electrons. The average Bonchev–Trinajstić information content (AvgIpc) is 3.54. The standard InChI is InChI=1S/C26H28F4N2O3S/c1-5-25(14-15-25)32-23(33)21(16-24(2,3)27)31-22(26(28,29)30)19-8-6-17(7-9-19)18-10-12-20(13-11-18)36(4,34)35/h1,6-13,21-22,31H,14-16H2,2-4H3,(H,32,33)/t21-,22-/m0/s1. The van der Waals surface area contributed by atoms with E-state index >= 15 is 0 Å². The van der Waals surface area contributed by atoms with Gasteiger partial charge in [-0.05, 0) is 55.5 Å². The van der Waals surface area contributed by atoms with Gasteiger partial charge in [-0.2, -0.15) is 13.2 Å². The van der Waals surface area contributed by atoms with E-state index in [4.69, 9.17) is 6.42 Å². The second-order valence-corrected chi connectivity index (χ2v) is 11.8. The topological polar surface area (TPSA) is 75.3 Å². The smallest absolute Gasteiger partial charge is 0.338 e. The minimum absolute atomic E-state index is 0.127. The van der Waals surface area contributed by atoms with Crippen molar-refractivity contribution in [2.75, 3.05) is 6.26 Å². The van der Waals surface area contributed by atoms with E-state index in [1.54, 1.807) is 12.1 Å². The van der Waals surface area contributed by atoms with E-state index in [1.807, 2.05) is 0 Å².